The normalized spacial score (nSPS) is 29.8. The van der Waals surface area contributed by atoms with Gasteiger partial charge in [0.15, 0.2) is 0 Å². The number of rotatable bonds is 1. The Balaban J connectivity index is 1.93. The SMILES string of the molecule is CC1CCN(C2C(O)c3cc(F)ccc3OC2(C)C)CC1. The summed E-state index contributed by atoms with van der Waals surface area (Å²) in [5.74, 6) is 0.994. The highest BCUT2D eigenvalue weighted by atomic mass is 19.1. The van der Waals surface area contributed by atoms with E-state index in [1.807, 2.05) is 13.8 Å². The lowest BCUT2D eigenvalue weighted by atomic mass is 9.83. The number of fused-ring (bicyclic) bond motifs is 1. The van der Waals surface area contributed by atoms with E-state index in [1.54, 1.807) is 6.07 Å². The van der Waals surface area contributed by atoms with Crippen LogP contribution in [-0.4, -0.2) is 34.7 Å². The number of halogens is 1. The van der Waals surface area contributed by atoms with Crippen LogP contribution in [0.2, 0.25) is 0 Å². The van der Waals surface area contributed by atoms with Crippen LogP contribution in [0.5, 0.6) is 5.75 Å². The van der Waals surface area contributed by atoms with Crippen LogP contribution in [0.3, 0.4) is 0 Å². The number of hydrogen-bond acceptors (Lipinski definition) is 3. The molecule has 1 aromatic rings. The first-order valence-corrected chi connectivity index (χ1v) is 7.79. The van der Waals surface area contributed by atoms with Crippen LogP contribution >= 0.6 is 0 Å². The fourth-order valence-corrected chi connectivity index (χ4v) is 3.68. The first kappa shape index (κ1) is 14.8. The zero-order chi connectivity index (χ0) is 15.2. The molecule has 3 nitrogen and oxygen atoms in total. The minimum absolute atomic E-state index is 0.140. The molecule has 2 heterocycles. The van der Waals surface area contributed by atoms with Gasteiger partial charge in [-0.3, -0.25) is 4.90 Å². The smallest absolute Gasteiger partial charge is 0.126 e. The largest absolute Gasteiger partial charge is 0.486 e. The van der Waals surface area contributed by atoms with Crippen molar-refractivity contribution in [1.29, 1.82) is 0 Å². The lowest BCUT2D eigenvalue weighted by Gasteiger charge is -2.49. The van der Waals surface area contributed by atoms with E-state index < -0.39 is 11.7 Å². The van der Waals surface area contributed by atoms with Crippen LogP contribution < -0.4 is 4.74 Å². The Hall–Kier alpha value is -1.13. The molecule has 2 aliphatic rings. The van der Waals surface area contributed by atoms with E-state index in [1.165, 1.54) is 12.1 Å². The number of ether oxygens (including phenoxy) is 1. The van der Waals surface area contributed by atoms with Gasteiger partial charge in [0, 0.05) is 5.56 Å². The van der Waals surface area contributed by atoms with Crippen LogP contribution in [0, 0.1) is 11.7 Å². The summed E-state index contributed by atoms with van der Waals surface area (Å²) >= 11 is 0. The van der Waals surface area contributed by atoms with E-state index in [9.17, 15) is 9.50 Å². The molecule has 1 saturated heterocycles. The number of piperidine rings is 1. The fourth-order valence-electron chi connectivity index (χ4n) is 3.68. The monoisotopic (exact) mass is 293 g/mol. The van der Waals surface area contributed by atoms with Gasteiger partial charge in [0.05, 0.1) is 6.04 Å². The second kappa shape index (κ2) is 5.25. The number of nitrogens with zero attached hydrogens (tertiary/aromatic N) is 1. The number of aliphatic hydroxyl groups excluding tert-OH is 1. The topological polar surface area (TPSA) is 32.7 Å². The third kappa shape index (κ3) is 2.67. The number of benzene rings is 1. The number of likely N-dealkylation sites (tertiary alicyclic amines) is 1. The van der Waals surface area contributed by atoms with E-state index in [0.29, 0.717) is 11.3 Å². The van der Waals surface area contributed by atoms with Gasteiger partial charge in [-0.05, 0) is 63.9 Å². The van der Waals surface area contributed by atoms with Gasteiger partial charge >= 0.3 is 0 Å². The van der Waals surface area contributed by atoms with Crippen molar-refractivity contribution in [2.24, 2.45) is 5.92 Å². The number of aliphatic hydroxyl groups is 1. The quantitative estimate of drug-likeness (QED) is 0.863. The van der Waals surface area contributed by atoms with E-state index in [-0.39, 0.29) is 11.9 Å². The van der Waals surface area contributed by atoms with Gasteiger partial charge in [-0.15, -0.1) is 0 Å². The maximum atomic E-state index is 13.5. The lowest BCUT2D eigenvalue weighted by Crippen LogP contribution is -2.59. The van der Waals surface area contributed by atoms with Crippen molar-refractivity contribution in [3.8, 4) is 5.75 Å². The highest BCUT2D eigenvalue weighted by Gasteiger charge is 2.46. The van der Waals surface area contributed by atoms with Crippen molar-refractivity contribution in [3.63, 3.8) is 0 Å². The average Bonchev–Trinajstić information content (AvgIpc) is 2.41. The van der Waals surface area contributed by atoms with Gasteiger partial charge in [0.25, 0.3) is 0 Å². The van der Waals surface area contributed by atoms with Crippen LogP contribution in [-0.2, 0) is 0 Å². The molecule has 2 aliphatic heterocycles. The second-order valence-electron chi connectivity index (χ2n) is 7.00. The zero-order valence-corrected chi connectivity index (χ0v) is 13.0. The van der Waals surface area contributed by atoms with Gasteiger partial charge in [-0.25, -0.2) is 4.39 Å². The molecule has 1 N–H and O–H groups in total. The second-order valence-corrected chi connectivity index (χ2v) is 7.00. The molecule has 1 fully saturated rings. The molecule has 0 radical (unpaired) electrons. The standard InChI is InChI=1S/C17H24FNO2/c1-11-6-8-19(9-7-11)16-15(20)13-10-12(18)4-5-14(13)21-17(16,2)3/h4-5,10-11,15-16,20H,6-9H2,1-3H3. The molecule has 0 spiro atoms. The summed E-state index contributed by atoms with van der Waals surface area (Å²) < 4.78 is 19.6. The van der Waals surface area contributed by atoms with Crippen LogP contribution in [0.1, 0.15) is 45.3 Å². The highest BCUT2D eigenvalue weighted by molar-refractivity contribution is 5.40. The van der Waals surface area contributed by atoms with E-state index in [4.69, 9.17) is 4.74 Å². The van der Waals surface area contributed by atoms with Gasteiger partial charge in [0.2, 0.25) is 0 Å². The summed E-state index contributed by atoms with van der Waals surface area (Å²) in [4.78, 5) is 2.30. The molecule has 4 heteroatoms. The van der Waals surface area contributed by atoms with Gasteiger partial charge in [-0.2, -0.15) is 0 Å². The zero-order valence-electron chi connectivity index (χ0n) is 13.0. The summed E-state index contributed by atoms with van der Waals surface area (Å²) in [6, 6.07) is 4.25. The number of hydrogen-bond donors (Lipinski definition) is 1. The summed E-state index contributed by atoms with van der Waals surface area (Å²) in [6.07, 6.45) is 1.55. The molecule has 0 saturated carbocycles. The maximum absolute atomic E-state index is 13.5. The molecule has 0 aromatic heterocycles. The molecule has 21 heavy (non-hydrogen) atoms. The summed E-state index contributed by atoms with van der Waals surface area (Å²) in [5.41, 5.74) is 0.0723. The third-order valence-electron chi connectivity index (χ3n) is 4.89. The van der Waals surface area contributed by atoms with Gasteiger partial charge in [-0.1, -0.05) is 6.92 Å². The fraction of sp³-hybridized carbons (Fsp3) is 0.647. The summed E-state index contributed by atoms with van der Waals surface area (Å²) in [6.45, 7) is 8.19. The van der Waals surface area contributed by atoms with Crippen molar-refractivity contribution in [2.45, 2.75) is 51.4 Å². The first-order chi connectivity index (χ1) is 9.88. The molecule has 0 bridgehead atoms. The Labute approximate surface area is 125 Å². The minimum Gasteiger partial charge on any atom is -0.486 e. The van der Waals surface area contributed by atoms with Crippen LogP contribution in [0.15, 0.2) is 18.2 Å². The highest BCUT2D eigenvalue weighted by Crippen LogP contribution is 2.43. The van der Waals surface area contributed by atoms with E-state index in [2.05, 4.69) is 11.8 Å². The molecule has 2 unspecified atom stereocenters. The predicted molar refractivity (Wildman–Crippen MR) is 79.8 cm³/mol. The minimum atomic E-state index is -0.715. The van der Waals surface area contributed by atoms with E-state index in [0.717, 1.165) is 31.8 Å². The molecule has 116 valence electrons. The van der Waals surface area contributed by atoms with Crippen molar-refractivity contribution in [1.82, 2.24) is 4.90 Å². The predicted octanol–water partition coefficient (Wildman–Crippen LogP) is 3.13. The Bertz CT molecular complexity index is 524. The molecular weight excluding hydrogens is 269 g/mol. The van der Waals surface area contributed by atoms with Crippen molar-refractivity contribution < 1.29 is 14.2 Å². The molecule has 1 aromatic carbocycles. The lowest BCUT2D eigenvalue weighted by molar-refractivity contribution is -0.0903. The Morgan fingerprint density at radius 2 is 1.95 bits per heavy atom. The van der Waals surface area contributed by atoms with Crippen LogP contribution in [0.25, 0.3) is 0 Å². The Kier molecular flexibility index (Phi) is 3.70. The first-order valence-electron chi connectivity index (χ1n) is 7.79. The van der Waals surface area contributed by atoms with Crippen molar-refractivity contribution in [3.05, 3.63) is 29.6 Å². The summed E-state index contributed by atoms with van der Waals surface area (Å²) in [5, 5.41) is 10.8. The molecule has 0 aliphatic carbocycles. The molecule has 2 atom stereocenters. The van der Waals surface area contributed by atoms with Crippen molar-refractivity contribution >= 4 is 0 Å². The van der Waals surface area contributed by atoms with Crippen molar-refractivity contribution in [2.75, 3.05) is 13.1 Å². The Morgan fingerprint density at radius 3 is 2.62 bits per heavy atom. The summed E-state index contributed by atoms with van der Waals surface area (Å²) in [7, 11) is 0. The third-order valence-corrected chi connectivity index (χ3v) is 4.89. The average molecular weight is 293 g/mol. The van der Waals surface area contributed by atoms with Crippen LogP contribution in [0.4, 0.5) is 4.39 Å². The molecular formula is C17H24FNO2. The van der Waals surface area contributed by atoms with Gasteiger partial charge in [0.1, 0.15) is 23.3 Å². The molecule has 0 amide bonds. The molecule has 3 rings (SSSR count). The Morgan fingerprint density at radius 1 is 1.29 bits per heavy atom. The van der Waals surface area contributed by atoms with Gasteiger partial charge < -0.3 is 9.84 Å². The maximum Gasteiger partial charge on any atom is 0.126 e. The van der Waals surface area contributed by atoms with E-state index >= 15 is 0 Å².